The van der Waals surface area contributed by atoms with Crippen LogP contribution in [0.2, 0.25) is 0 Å². The van der Waals surface area contributed by atoms with Crippen molar-refractivity contribution in [2.24, 2.45) is 34.8 Å². The minimum atomic E-state index is -0.361. The van der Waals surface area contributed by atoms with E-state index in [9.17, 15) is 9.59 Å². The van der Waals surface area contributed by atoms with Crippen molar-refractivity contribution < 1.29 is 9.59 Å². The summed E-state index contributed by atoms with van der Waals surface area (Å²) in [6, 6.07) is 0.0669. The molecule has 3 fully saturated rings. The second-order valence-corrected chi connectivity index (χ2v) is 9.19. The molecule has 3 rings (SSSR count). The Kier molecular flexibility index (Phi) is 6.42. The second kappa shape index (κ2) is 7.83. The molecule has 2 bridgehead atoms. The zero-order valence-corrected chi connectivity index (χ0v) is 16.6. The van der Waals surface area contributed by atoms with Crippen LogP contribution in [0, 0.1) is 29.1 Å². The first-order valence-corrected chi connectivity index (χ1v) is 9.60. The number of halogens is 1. The fraction of sp³-hybridized carbons (Fsp3) is 0.895. The Labute approximate surface area is 157 Å². The van der Waals surface area contributed by atoms with Gasteiger partial charge in [-0.3, -0.25) is 9.59 Å². The normalized spacial score (nSPS) is 34.6. The Bertz CT molecular complexity index is 503. The van der Waals surface area contributed by atoms with Crippen LogP contribution in [0.4, 0.5) is 0 Å². The maximum Gasteiger partial charge on any atom is 0.227 e. The highest BCUT2D eigenvalue weighted by Crippen LogP contribution is 2.48. The molecule has 25 heavy (non-hydrogen) atoms. The Morgan fingerprint density at radius 2 is 1.84 bits per heavy atom. The van der Waals surface area contributed by atoms with Crippen molar-refractivity contribution in [1.82, 2.24) is 10.2 Å². The zero-order valence-electron chi connectivity index (χ0n) is 15.8. The molecule has 0 aromatic rings. The molecule has 1 heterocycles. The lowest BCUT2D eigenvalue weighted by Crippen LogP contribution is -2.51. The Balaban J connectivity index is 0.00000225. The lowest BCUT2D eigenvalue weighted by Gasteiger charge is -2.37. The molecule has 1 aliphatic heterocycles. The fourth-order valence-electron chi connectivity index (χ4n) is 4.85. The number of hydrogen-bond donors (Lipinski definition) is 2. The molecule has 5 unspecified atom stereocenters. The standard InChI is InChI=1S/C19H33N3O2.ClH/c1-19(2,3)18(24)21-10-12-5-4-8-22(11-12)17(23)15-13-6-7-14(9-13)16(15)20;/h12-16H,4-11,20H2,1-3H3,(H,21,24);1H. The van der Waals surface area contributed by atoms with E-state index in [1.165, 1.54) is 12.8 Å². The summed E-state index contributed by atoms with van der Waals surface area (Å²) in [5, 5.41) is 3.06. The molecule has 2 amide bonds. The Morgan fingerprint density at radius 3 is 2.44 bits per heavy atom. The van der Waals surface area contributed by atoms with Gasteiger partial charge in [-0.1, -0.05) is 20.8 Å². The monoisotopic (exact) mass is 371 g/mol. The van der Waals surface area contributed by atoms with Crippen LogP contribution >= 0.6 is 12.4 Å². The zero-order chi connectivity index (χ0) is 17.5. The Morgan fingerprint density at radius 1 is 1.16 bits per heavy atom. The molecule has 1 saturated heterocycles. The third kappa shape index (κ3) is 4.30. The second-order valence-electron chi connectivity index (χ2n) is 9.19. The van der Waals surface area contributed by atoms with E-state index >= 15 is 0 Å². The molecule has 0 radical (unpaired) electrons. The third-order valence-corrected chi connectivity index (χ3v) is 6.33. The van der Waals surface area contributed by atoms with E-state index < -0.39 is 0 Å². The van der Waals surface area contributed by atoms with Gasteiger partial charge in [-0.05, 0) is 49.9 Å². The number of fused-ring (bicyclic) bond motifs is 2. The molecule has 2 saturated carbocycles. The van der Waals surface area contributed by atoms with Crippen molar-refractivity contribution >= 4 is 24.2 Å². The molecule has 5 atom stereocenters. The molecule has 0 aromatic heterocycles. The molecule has 2 aliphatic carbocycles. The van der Waals surface area contributed by atoms with Gasteiger partial charge in [0.1, 0.15) is 0 Å². The van der Waals surface area contributed by atoms with Gasteiger partial charge in [0, 0.05) is 31.1 Å². The maximum absolute atomic E-state index is 13.0. The van der Waals surface area contributed by atoms with Crippen LogP contribution < -0.4 is 11.1 Å². The van der Waals surface area contributed by atoms with Gasteiger partial charge in [0.2, 0.25) is 11.8 Å². The minimum Gasteiger partial charge on any atom is -0.355 e. The third-order valence-electron chi connectivity index (χ3n) is 6.33. The van der Waals surface area contributed by atoms with Crippen molar-refractivity contribution in [1.29, 1.82) is 0 Å². The number of carbonyl (C=O) groups is 2. The Hall–Kier alpha value is -0.810. The number of hydrogen-bond acceptors (Lipinski definition) is 3. The van der Waals surface area contributed by atoms with E-state index in [-0.39, 0.29) is 41.6 Å². The van der Waals surface area contributed by atoms with Crippen LogP contribution in [0.25, 0.3) is 0 Å². The summed E-state index contributed by atoms with van der Waals surface area (Å²) >= 11 is 0. The molecule has 3 N–H and O–H groups in total. The molecule has 6 heteroatoms. The first-order chi connectivity index (χ1) is 11.3. The molecule has 5 nitrogen and oxygen atoms in total. The fourth-order valence-corrected chi connectivity index (χ4v) is 4.85. The highest BCUT2D eigenvalue weighted by atomic mass is 35.5. The number of nitrogens with two attached hydrogens (primary N) is 1. The molecular weight excluding hydrogens is 338 g/mol. The van der Waals surface area contributed by atoms with Gasteiger partial charge >= 0.3 is 0 Å². The molecule has 144 valence electrons. The minimum absolute atomic E-state index is 0. The van der Waals surface area contributed by atoms with Gasteiger partial charge in [0.15, 0.2) is 0 Å². The maximum atomic E-state index is 13.0. The van der Waals surface area contributed by atoms with Crippen LogP contribution in [-0.2, 0) is 9.59 Å². The average Bonchev–Trinajstić information content (AvgIpc) is 3.12. The van der Waals surface area contributed by atoms with E-state index in [1.54, 1.807) is 0 Å². The van der Waals surface area contributed by atoms with E-state index in [0.717, 1.165) is 32.4 Å². The summed E-state index contributed by atoms with van der Waals surface area (Å²) in [4.78, 5) is 27.1. The van der Waals surface area contributed by atoms with E-state index in [1.807, 2.05) is 25.7 Å². The van der Waals surface area contributed by atoms with Gasteiger partial charge < -0.3 is 16.0 Å². The summed E-state index contributed by atoms with van der Waals surface area (Å²) in [7, 11) is 0. The summed E-state index contributed by atoms with van der Waals surface area (Å²) in [5.74, 6) is 1.85. The number of rotatable bonds is 3. The molecular formula is C19H34ClN3O2. The van der Waals surface area contributed by atoms with Gasteiger partial charge in [0.25, 0.3) is 0 Å². The lowest BCUT2D eigenvalue weighted by atomic mass is 9.83. The lowest BCUT2D eigenvalue weighted by molar-refractivity contribution is -0.139. The van der Waals surface area contributed by atoms with Crippen molar-refractivity contribution in [2.45, 2.75) is 58.9 Å². The van der Waals surface area contributed by atoms with E-state index in [4.69, 9.17) is 5.73 Å². The predicted octanol–water partition coefficient (Wildman–Crippen LogP) is 2.18. The van der Waals surface area contributed by atoms with E-state index in [0.29, 0.717) is 24.3 Å². The predicted molar refractivity (Wildman–Crippen MR) is 101 cm³/mol. The average molecular weight is 372 g/mol. The van der Waals surface area contributed by atoms with Crippen LogP contribution in [0.15, 0.2) is 0 Å². The number of amides is 2. The summed E-state index contributed by atoms with van der Waals surface area (Å²) in [6.45, 7) is 8.07. The van der Waals surface area contributed by atoms with Gasteiger partial charge in [0.05, 0.1) is 5.92 Å². The highest BCUT2D eigenvalue weighted by Gasteiger charge is 2.50. The van der Waals surface area contributed by atoms with Crippen LogP contribution in [-0.4, -0.2) is 42.4 Å². The largest absolute Gasteiger partial charge is 0.355 e. The smallest absolute Gasteiger partial charge is 0.227 e. The van der Waals surface area contributed by atoms with Gasteiger partial charge in [-0.2, -0.15) is 0 Å². The van der Waals surface area contributed by atoms with Crippen LogP contribution in [0.1, 0.15) is 52.9 Å². The number of nitrogens with zero attached hydrogens (tertiary/aromatic N) is 1. The number of carbonyl (C=O) groups excluding carboxylic acids is 2. The van der Waals surface area contributed by atoms with Crippen molar-refractivity contribution in [3.05, 3.63) is 0 Å². The van der Waals surface area contributed by atoms with E-state index in [2.05, 4.69) is 5.32 Å². The molecule has 0 aromatic carbocycles. The number of nitrogens with one attached hydrogen (secondary N) is 1. The number of likely N-dealkylation sites (tertiary alicyclic amines) is 1. The SMILES string of the molecule is CC(C)(C)C(=O)NCC1CCCN(C(=O)C2C3CCC(C3)C2N)C1.Cl. The molecule has 0 spiro atoms. The highest BCUT2D eigenvalue weighted by molar-refractivity contribution is 5.85. The van der Waals surface area contributed by atoms with Gasteiger partial charge in [-0.15, -0.1) is 12.4 Å². The number of piperidine rings is 1. The summed E-state index contributed by atoms with van der Waals surface area (Å²) in [5.41, 5.74) is 5.99. The van der Waals surface area contributed by atoms with Gasteiger partial charge in [-0.25, -0.2) is 0 Å². The van der Waals surface area contributed by atoms with Crippen molar-refractivity contribution in [2.75, 3.05) is 19.6 Å². The summed E-state index contributed by atoms with van der Waals surface area (Å²) in [6.07, 6.45) is 5.63. The molecule has 3 aliphatic rings. The van der Waals surface area contributed by atoms with Crippen molar-refractivity contribution in [3.63, 3.8) is 0 Å². The summed E-state index contributed by atoms with van der Waals surface area (Å²) < 4.78 is 0. The van der Waals surface area contributed by atoms with Crippen LogP contribution in [0.3, 0.4) is 0 Å². The topological polar surface area (TPSA) is 75.4 Å². The van der Waals surface area contributed by atoms with Crippen LogP contribution in [0.5, 0.6) is 0 Å². The van der Waals surface area contributed by atoms with Crippen molar-refractivity contribution in [3.8, 4) is 0 Å². The first-order valence-electron chi connectivity index (χ1n) is 9.60. The quantitative estimate of drug-likeness (QED) is 0.798. The first kappa shape index (κ1) is 20.5.